The van der Waals surface area contributed by atoms with Crippen molar-refractivity contribution in [3.63, 3.8) is 0 Å². The molecule has 1 aromatic carbocycles. The number of nitrogens with zero attached hydrogens (tertiary/aromatic N) is 3. The second-order valence-corrected chi connectivity index (χ2v) is 6.26. The molecule has 128 valence electrons. The number of hydrogen-bond acceptors (Lipinski definition) is 5. The fraction of sp³-hybridized carbons (Fsp3) is 0.500. The summed E-state index contributed by atoms with van der Waals surface area (Å²) in [6, 6.07) is 10.0. The number of carbonyl (C=O) groups excluding carboxylic acids is 1. The first-order valence-corrected chi connectivity index (χ1v) is 8.61. The van der Waals surface area contributed by atoms with Gasteiger partial charge in [0.25, 0.3) is 0 Å². The second kappa shape index (κ2) is 8.06. The minimum atomic E-state index is 0.0282. The number of likely N-dealkylation sites (tertiary alicyclic amines) is 1. The van der Waals surface area contributed by atoms with Crippen LogP contribution >= 0.6 is 0 Å². The Kier molecular flexibility index (Phi) is 5.59. The maximum Gasteiger partial charge on any atom is 0.247 e. The third-order valence-corrected chi connectivity index (χ3v) is 4.41. The van der Waals surface area contributed by atoms with Gasteiger partial charge in [-0.1, -0.05) is 18.2 Å². The van der Waals surface area contributed by atoms with Crippen molar-refractivity contribution >= 4 is 5.91 Å². The summed E-state index contributed by atoms with van der Waals surface area (Å²) in [5, 5.41) is 11.1. The first-order chi connectivity index (χ1) is 11.7. The van der Waals surface area contributed by atoms with E-state index in [1.807, 2.05) is 30.3 Å². The van der Waals surface area contributed by atoms with Gasteiger partial charge < -0.3 is 9.73 Å². The summed E-state index contributed by atoms with van der Waals surface area (Å²) < 4.78 is 5.62. The first kappa shape index (κ1) is 16.6. The van der Waals surface area contributed by atoms with Gasteiger partial charge in [0.2, 0.25) is 17.7 Å². The molecule has 3 rings (SSSR count). The van der Waals surface area contributed by atoms with Crippen LogP contribution in [0.3, 0.4) is 0 Å². The minimum Gasteiger partial charge on any atom is -0.421 e. The normalized spacial score (nSPS) is 16.2. The SMILES string of the molecule is CC(CNC(=O)CCc1nnc(-c2ccccc2)o1)N1CCCC1. The van der Waals surface area contributed by atoms with Gasteiger partial charge in [-0.2, -0.15) is 0 Å². The smallest absolute Gasteiger partial charge is 0.247 e. The van der Waals surface area contributed by atoms with Gasteiger partial charge in [0.1, 0.15) is 0 Å². The predicted octanol–water partition coefficient (Wildman–Crippen LogP) is 2.27. The molecule has 0 saturated carbocycles. The molecular formula is C18H24N4O2. The van der Waals surface area contributed by atoms with Crippen LogP contribution in [-0.4, -0.2) is 46.7 Å². The van der Waals surface area contributed by atoms with Gasteiger partial charge in [-0.15, -0.1) is 10.2 Å². The number of aromatic nitrogens is 2. The van der Waals surface area contributed by atoms with Crippen LogP contribution in [0.4, 0.5) is 0 Å². The molecule has 1 atom stereocenters. The Morgan fingerprint density at radius 1 is 1.25 bits per heavy atom. The summed E-state index contributed by atoms with van der Waals surface area (Å²) >= 11 is 0. The Balaban J connectivity index is 1.42. The molecule has 1 N–H and O–H groups in total. The quantitative estimate of drug-likeness (QED) is 0.844. The number of carbonyl (C=O) groups is 1. The van der Waals surface area contributed by atoms with Gasteiger partial charge in [0.05, 0.1) is 0 Å². The molecule has 6 heteroatoms. The van der Waals surface area contributed by atoms with E-state index in [1.165, 1.54) is 12.8 Å². The summed E-state index contributed by atoms with van der Waals surface area (Å²) in [6.07, 6.45) is 3.35. The fourth-order valence-corrected chi connectivity index (χ4v) is 2.93. The van der Waals surface area contributed by atoms with Gasteiger partial charge in [-0.3, -0.25) is 9.69 Å². The maximum absolute atomic E-state index is 12.0. The van der Waals surface area contributed by atoms with Crippen molar-refractivity contribution in [1.82, 2.24) is 20.4 Å². The molecule has 1 amide bonds. The van der Waals surface area contributed by atoms with Crippen LogP contribution in [0.25, 0.3) is 11.5 Å². The van der Waals surface area contributed by atoms with E-state index in [0.29, 0.717) is 37.2 Å². The third kappa shape index (κ3) is 4.41. The monoisotopic (exact) mass is 328 g/mol. The van der Waals surface area contributed by atoms with E-state index in [0.717, 1.165) is 18.7 Å². The molecule has 0 spiro atoms. The lowest BCUT2D eigenvalue weighted by atomic mass is 10.2. The Labute approximate surface area is 142 Å². The molecular weight excluding hydrogens is 304 g/mol. The standard InChI is InChI=1S/C18H24N4O2/c1-14(22-11-5-6-12-22)13-19-16(23)9-10-17-20-21-18(24-17)15-7-3-2-4-8-15/h2-4,7-8,14H,5-6,9-13H2,1H3,(H,19,23). The average Bonchev–Trinajstić information content (AvgIpc) is 3.30. The lowest BCUT2D eigenvalue weighted by Gasteiger charge is -2.23. The number of benzene rings is 1. The Hall–Kier alpha value is -2.21. The molecule has 24 heavy (non-hydrogen) atoms. The minimum absolute atomic E-state index is 0.0282. The van der Waals surface area contributed by atoms with Crippen LogP contribution in [0.1, 0.15) is 32.1 Å². The number of amides is 1. The van der Waals surface area contributed by atoms with Crippen molar-refractivity contribution in [1.29, 1.82) is 0 Å². The van der Waals surface area contributed by atoms with E-state index in [1.54, 1.807) is 0 Å². The van der Waals surface area contributed by atoms with Crippen LogP contribution in [-0.2, 0) is 11.2 Å². The highest BCUT2D eigenvalue weighted by Gasteiger charge is 2.18. The molecule has 1 unspecified atom stereocenters. The maximum atomic E-state index is 12.0. The molecule has 0 bridgehead atoms. The lowest BCUT2D eigenvalue weighted by Crippen LogP contribution is -2.40. The lowest BCUT2D eigenvalue weighted by molar-refractivity contribution is -0.121. The van der Waals surface area contributed by atoms with E-state index in [2.05, 4.69) is 27.3 Å². The largest absolute Gasteiger partial charge is 0.421 e. The topological polar surface area (TPSA) is 71.3 Å². The third-order valence-electron chi connectivity index (χ3n) is 4.41. The molecule has 0 aliphatic carbocycles. The summed E-state index contributed by atoms with van der Waals surface area (Å²) in [7, 11) is 0. The summed E-state index contributed by atoms with van der Waals surface area (Å²) in [4.78, 5) is 14.4. The Morgan fingerprint density at radius 2 is 2.00 bits per heavy atom. The van der Waals surface area contributed by atoms with Crippen molar-refractivity contribution in [3.8, 4) is 11.5 Å². The number of aryl methyl sites for hydroxylation is 1. The predicted molar refractivity (Wildman–Crippen MR) is 91.3 cm³/mol. The van der Waals surface area contributed by atoms with Crippen molar-refractivity contribution in [2.45, 2.75) is 38.6 Å². The molecule has 6 nitrogen and oxygen atoms in total. The van der Waals surface area contributed by atoms with Crippen LogP contribution in [0.15, 0.2) is 34.7 Å². The zero-order valence-electron chi connectivity index (χ0n) is 14.1. The van der Waals surface area contributed by atoms with Crippen LogP contribution in [0.2, 0.25) is 0 Å². The van der Waals surface area contributed by atoms with Gasteiger partial charge in [0, 0.05) is 31.0 Å². The van der Waals surface area contributed by atoms with E-state index in [9.17, 15) is 4.79 Å². The fourth-order valence-electron chi connectivity index (χ4n) is 2.93. The van der Waals surface area contributed by atoms with E-state index < -0.39 is 0 Å². The average molecular weight is 328 g/mol. The molecule has 2 heterocycles. The zero-order valence-corrected chi connectivity index (χ0v) is 14.1. The molecule has 1 aromatic heterocycles. The van der Waals surface area contributed by atoms with Gasteiger partial charge in [0.15, 0.2) is 0 Å². The van der Waals surface area contributed by atoms with Crippen LogP contribution in [0.5, 0.6) is 0 Å². The molecule has 1 fully saturated rings. The van der Waals surface area contributed by atoms with Crippen molar-refractivity contribution in [2.75, 3.05) is 19.6 Å². The first-order valence-electron chi connectivity index (χ1n) is 8.61. The second-order valence-electron chi connectivity index (χ2n) is 6.26. The molecule has 0 radical (unpaired) electrons. The Morgan fingerprint density at radius 3 is 2.75 bits per heavy atom. The van der Waals surface area contributed by atoms with Crippen LogP contribution < -0.4 is 5.32 Å². The molecule has 1 aliphatic rings. The Bertz CT molecular complexity index is 650. The van der Waals surface area contributed by atoms with Crippen molar-refractivity contribution < 1.29 is 9.21 Å². The zero-order chi connectivity index (χ0) is 16.8. The number of rotatable bonds is 7. The summed E-state index contributed by atoms with van der Waals surface area (Å²) in [5.74, 6) is 1.02. The van der Waals surface area contributed by atoms with E-state index >= 15 is 0 Å². The molecule has 2 aromatic rings. The highest BCUT2D eigenvalue weighted by molar-refractivity contribution is 5.76. The van der Waals surface area contributed by atoms with Gasteiger partial charge in [-0.25, -0.2) is 0 Å². The van der Waals surface area contributed by atoms with Gasteiger partial charge in [-0.05, 0) is 45.0 Å². The molecule has 1 aliphatic heterocycles. The van der Waals surface area contributed by atoms with Crippen molar-refractivity contribution in [3.05, 3.63) is 36.2 Å². The molecule has 1 saturated heterocycles. The summed E-state index contributed by atoms with van der Waals surface area (Å²) in [5.41, 5.74) is 0.889. The summed E-state index contributed by atoms with van der Waals surface area (Å²) in [6.45, 7) is 5.14. The van der Waals surface area contributed by atoms with E-state index in [4.69, 9.17) is 4.42 Å². The number of hydrogen-bond donors (Lipinski definition) is 1. The highest BCUT2D eigenvalue weighted by atomic mass is 16.4. The van der Waals surface area contributed by atoms with Gasteiger partial charge >= 0.3 is 0 Å². The van der Waals surface area contributed by atoms with Crippen LogP contribution in [0, 0.1) is 0 Å². The van der Waals surface area contributed by atoms with Crippen molar-refractivity contribution in [2.24, 2.45) is 0 Å². The van der Waals surface area contributed by atoms with E-state index in [-0.39, 0.29) is 5.91 Å². The number of nitrogens with one attached hydrogen (secondary N) is 1. The highest BCUT2D eigenvalue weighted by Crippen LogP contribution is 2.17.